The number of benzene rings is 2. The third-order valence-electron chi connectivity index (χ3n) is 4.94. The molecular weight excluding hydrogens is 392 g/mol. The summed E-state index contributed by atoms with van der Waals surface area (Å²) in [7, 11) is 0. The molecule has 0 unspecified atom stereocenters. The maximum absolute atomic E-state index is 13.3. The standard InChI is InChI=1S/C22H21F2N3O3/c23-16-10-14(11-17(24)13-16)12-20-25-22(30-27-20)26-21(28)15-6-8-19(9-7-15)29-18-4-2-1-3-5-18/h6-11,13,18H,1-5,12H2,(H,25,26,27,28). The Balaban J connectivity index is 1.34. The molecule has 1 aromatic heterocycles. The highest BCUT2D eigenvalue weighted by molar-refractivity contribution is 6.03. The highest BCUT2D eigenvalue weighted by Gasteiger charge is 2.16. The van der Waals surface area contributed by atoms with Crippen LogP contribution in [0.2, 0.25) is 0 Å². The van der Waals surface area contributed by atoms with E-state index in [0.717, 1.165) is 24.7 Å². The van der Waals surface area contributed by atoms with Gasteiger partial charge < -0.3 is 9.26 Å². The smallest absolute Gasteiger partial charge is 0.328 e. The molecule has 0 saturated heterocycles. The molecule has 0 aliphatic heterocycles. The molecule has 1 saturated carbocycles. The van der Waals surface area contributed by atoms with Crippen LogP contribution in [-0.2, 0) is 6.42 Å². The number of carbonyl (C=O) groups excluding carboxylic acids is 1. The van der Waals surface area contributed by atoms with Crippen molar-refractivity contribution in [3.05, 3.63) is 71.1 Å². The van der Waals surface area contributed by atoms with Crippen LogP contribution in [0.5, 0.6) is 5.75 Å². The Morgan fingerprint density at radius 3 is 2.47 bits per heavy atom. The van der Waals surface area contributed by atoms with Crippen molar-refractivity contribution in [1.82, 2.24) is 10.1 Å². The lowest BCUT2D eigenvalue weighted by Crippen LogP contribution is -2.19. The number of ether oxygens (including phenoxy) is 1. The monoisotopic (exact) mass is 413 g/mol. The van der Waals surface area contributed by atoms with Gasteiger partial charge in [0.05, 0.1) is 6.10 Å². The number of aromatic nitrogens is 2. The van der Waals surface area contributed by atoms with Crippen LogP contribution >= 0.6 is 0 Å². The van der Waals surface area contributed by atoms with Crippen LogP contribution in [0.15, 0.2) is 47.0 Å². The zero-order valence-electron chi connectivity index (χ0n) is 16.2. The normalized spacial score (nSPS) is 14.5. The fourth-order valence-corrected chi connectivity index (χ4v) is 3.50. The average Bonchev–Trinajstić information content (AvgIpc) is 3.15. The van der Waals surface area contributed by atoms with Gasteiger partial charge in [-0.05, 0) is 67.6 Å². The van der Waals surface area contributed by atoms with E-state index < -0.39 is 17.5 Å². The van der Waals surface area contributed by atoms with Crippen LogP contribution in [0, 0.1) is 11.6 Å². The van der Waals surface area contributed by atoms with Gasteiger partial charge in [0.1, 0.15) is 17.4 Å². The number of amides is 1. The first-order valence-electron chi connectivity index (χ1n) is 9.91. The van der Waals surface area contributed by atoms with Crippen molar-refractivity contribution in [2.45, 2.75) is 44.6 Å². The van der Waals surface area contributed by atoms with Gasteiger partial charge in [-0.25, -0.2) is 8.78 Å². The van der Waals surface area contributed by atoms with Gasteiger partial charge in [-0.1, -0.05) is 11.6 Å². The highest BCUT2D eigenvalue weighted by atomic mass is 19.1. The largest absolute Gasteiger partial charge is 0.490 e. The number of rotatable bonds is 6. The first kappa shape index (κ1) is 20.0. The number of carbonyl (C=O) groups is 1. The Hall–Kier alpha value is -3.29. The summed E-state index contributed by atoms with van der Waals surface area (Å²) in [6.45, 7) is 0. The summed E-state index contributed by atoms with van der Waals surface area (Å²) in [5.41, 5.74) is 0.776. The van der Waals surface area contributed by atoms with Crippen molar-refractivity contribution in [2.24, 2.45) is 0 Å². The quantitative estimate of drug-likeness (QED) is 0.622. The van der Waals surface area contributed by atoms with Crippen LogP contribution in [-0.4, -0.2) is 22.2 Å². The Morgan fingerprint density at radius 2 is 1.77 bits per heavy atom. The number of hydrogen-bond donors (Lipinski definition) is 1. The Labute approximate surface area is 172 Å². The molecule has 3 aromatic rings. The van der Waals surface area contributed by atoms with E-state index in [1.165, 1.54) is 31.4 Å². The summed E-state index contributed by atoms with van der Waals surface area (Å²) >= 11 is 0. The molecule has 1 fully saturated rings. The maximum Gasteiger partial charge on any atom is 0.328 e. The van der Waals surface area contributed by atoms with Gasteiger partial charge in [-0.15, -0.1) is 0 Å². The zero-order valence-corrected chi connectivity index (χ0v) is 16.2. The van der Waals surface area contributed by atoms with E-state index >= 15 is 0 Å². The van der Waals surface area contributed by atoms with Crippen LogP contribution in [0.3, 0.4) is 0 Å². The Bertz CT molecular complexity index is 994. The number of nitrogens with one attached hydrogen (secondary N) is 1. The number of nitrogens with zero attached hydrogens (tertiary/aromatic N) is 2. The van der Waals surface area contributed by atoms with Gasteiger partial charge in [0.15, 0.2) is 5.82 Å². The lowest BCUT2D eigenvalue weighted by atomic mass is 9.98. The van der Waals surface area contributed by atoms with E-state index in [4.69, 9.17) is 9.26 Å². The van der Waals surface area contributed by atoms with Crippen LogP contribution in [0.25, 0.3) is 0 Å². The highest BCUT2D eigenvalue weighted by Crippen LogP contribution is 2.23. The molecule has 156 valence electrons. The fraction of sp³-hybridized carbons (Fsp3) is 0.318. The van der Waals surface area contributed by atoms with Crippen LogP contribution < -0.4 is 10.1 Å². The summed E-state index contributed by atoms with van der Waals surface area (Å²) in [4.78, 5) is 16.4. The number of anilines is 1. The van der Waals surface area contributed by atoms with Gasteiger partial charge in [-0.2, -0.15) is 4.98 Å². The Morgan fingerprint density at radius 1 is 1.07 bits per heavy atom. The minimum absolute atomic E-state index is 0.0707. The van der Waals surface area contributed by atoms with E-state index in [0.29, 0.717) is 11.1 Å². The summed E-state index contributed by atoms with van der Waals surface area (Å²) in [6, 6.07) is 9.94. The summed E-state index contributed by atoms with van der Waals surface area (Å²) in [5, 5.41) is 6.25. The third-order valence-corrected chi connectivity index (χ3v) is 4.94. The molecule has 2 aromatic carbocycles. The third kappa shape index (κ3) is 5.20. The minimum Gasteiger partial charge on any atom is -0.490 e. The first-order chi connectivity index (χ1) is 14.5. The topological polar surface area (TPSA) is 77.3 Å². The van der Waals surface area contributed by atoms with Crippen molar-refractivity contribution < 1.29 is 22.8 Å². The van der Waals surface area contributed by atoms with Gasteiger partial charge >= 0.3 is 6.01 Å². The SMILES string of the molecule is O=C(Nc1nc(Cc2cc(F)cc(F)c2)no1)c1ccc(OC2CCCCC2)cc1. The molecule has 4 rings (SSSR count). The minimum atomic E-state index is -0.682. The molecular formula is C22H21F2N3O3. The van der Waals surface area contributed by atoms with Gasteiger partial charge in [0.2, 0.25) is 0 Å². The van der Waals surface area contributed by atoms with Crippen molar-refractivity contribution in [3.63, 3.8) is 0 Å². The summed E-state index contributed by atoms with van der Waals surface area (Å²) in [5.74, 6) is -0.838. The second kappa shape index (κ2) is 9.02. The second-order valence-corrected chi connectivity index (χ2v) is 7.33. The predicted molar refractivity (Wildman–Crippen MR) is 105 cm³/mol. The molecule has 1 heterocycles. The lowest BCUT2D eigenvalue weighted by Gasteiger charge is -2.23. The summed E-state index contributed by atoms with van der Waals surface area (Å²) < 4.78 is 37.5. The molecule has 1 N–H and O–H groups in total. The van der Waals surface area contributed by atoms with E-state index in [-0.39, 0.29) is 24.4 Å². The molecule has 0 spiro atoms. The molecule has 6 nitrogen and oxygen atoms in total. The maximum atomic E-state index is 13.3. The fourth-order valence-electron chi connectivity index (χ4n) is 3.50. The molecule has 8 heteroatoms. The lowest BCUT2D eigenvalue weighted by molar-refractivity contribution is 0.102. The van der Waals surface area contributed by atoms with Gasteiger partial charge in [0, 0.05) is 18.1 Å². The zero-order chi connectivity index (χ0) is 20.9. The van der Waals surface area contributed by atoms with E-state index in [1.807, 2.05) is 0 Å². The molecule has 1 amide bonds. The molecule has 0 bridgehead atoms. The van der Waals surface area contributed by atoms with Crippen LogP contribution in [0.1, 0.15) is 53.8 Å². The van der Waals surface area contributed by atoms with Crippen molar-refractivity contribution in [2.75, 3.05) is 5.32 Å². The number of halogens is 2. The van der Waals surface area contributed by atoms with Gasteiger partial charge in [-0.3, -0.25) is 10.1 Å². The molecule has 30 heavy (non-hydrogen) atoms. The van der Waals surface area contributed by atoms with Crippen LogP contribution in [0.4, 0.5) is 14.8 Å². The molecule has 1 aliphatic carbocycles. The molecule has 1 aliphatic rings. The molecule has 0 atom stereocenters. The first-order valence-corrected chi connectivity index (χ1v) is 9.91. The van der Waals surface area contributed by atoms with E-state index in [1.54, 1.807) is 24.3 Å². The second-order valence-electron chi connectivity index (χ2n) is 7.33. The van der Waals surface area contributed by atoms with E-state index in [9.17, 15) is 13.6 Å². The van der Waals surface area contributed by atoms with Crippen molar-refractivity contribution >= 4 is 11.9 Å². The Kier molecular flexibility index (Phi) is 6.02. The van der Waals surface area contributed by atoms with Crippen molar-refractivity contribution in [1.29, 1.82) is 0 Å². The molecule has 0 radical (unpaired) electrons. The van der Waals surface area contributed by atoms with Crippen molar-refractivity contribution in [3.8, 4) is 5.75 Å². The average molecular weight is 413 g/mol. The van der Waals surface area contributed by atoms with E-state index in [2.05, 4.69) is 15.5 Å². The summed E-state index contributed by atoms with van der Waals surface area (Å²) in [6.07, 6.45) is 6.06. The predicted octanol–water partition coefficient (Wildman–Crippen LogP) is 4.90. The van der Waals surface area contributed by atoms with Gasteiger partial charge in [0.25, 0.3) is 5.91 Å². The number of hydrogen-bond acceptors (Lipinski definition) is 5.